The van der Waals surface area contributed by atoms with Crippen molar-refractivity contribution in [3.8, 4) is 0 Å². The third kappa shape index (κ3) is 4.40. The molecule has 3 heterocycles. The maximum atomic E-state index is 9.55. The molecular weight excluding hydrogens is 316 g/mol. The minimum Gasteiger partial charge on any atom is -0.396 e. The Morgan fingerprint density at radius 2 is 2.00 bits per heavy atom. The quantitative estimate of drug-likeness (QED) is 0.815. The summed E-state index contributed by atoms with van der Waals surface area (Å²) in [5, 5.41) is 9.55. The Balaban J connectivity index is 1.64. The van der Waals surface area contributed by atoms with Crippen molar-refractivity contribution >= 4 is 11.8 Å². The van der Waals surface area contributed by atoms with Gasteiger partial charge in [-0.2, -0.15) is 4.98 Å². The van der Waals surface area contributed by atoms with Crippen molar-refractivity contribution in [2.24, 2.45) is 0 Å². The van der Waals surface area contributed by atoms with Crippen LogP contribution in [0.4, 0.5) is 11.8 Å². The molecule has 3 rings (SSSR count). The maximum absolute atomic E-state index is 9.55. The van der Waals surface area contributed by atoms with E-state index in [0.717, 1.165) is 31.9 Å². The fourth-order valence-electron chi connectivity index (χ4n) is 4.24. The van der Waals surface area contributed by atoms with Crippen molar-refractivity contribution in [1.82, 2.24) is 19.8 Å². The van der Waals surface area contributed by atoms with Crippen LogP contribution >= 0.6 is 0 Å². The van der Waals surface area contributed by atoms with Crippen LogP contribution in [0.1, 0.15) is 33.1 Å². The number of hydrogen-bond acceptors (Lipinski definition) is 7. The number of hydrogen-bond donors (Lipinski definition) is 2. The molecule has 2 saturated heterocycles. The van der Waals surface area contributed by atoms with Crippen molar-refractivity contribution < 1.29 is 5.11 Å². The number of nitrogens with two attached hydrogens (primary N) is 1. The molecule has 0 radical (unpaired) electrons. The zero-order valence-corrected chi connectivity index (χ0v) is 15.5. The van der Waals surface area contributed by atoms with Gasteiger partial charge in [-0.3, -0.25) is 4.90 Å². The summed E-state index contributed by atoms with van der Waals surface area (Å²) >= 11 is 0. The van der Waals surface area contributed by atoms with E-state index in [-0.39, 0.29) is 6.61 Å². The summed E-state index contributed by atoms with van der Waals surface area (Å²) in [5.41, 5.74) is 5.74. The predicted molar refractivity (Wildman–Crippen MR) is 101 cm³/mol. The standard InChI is InChI=1S/C18H32N6O/c1-14(2)22-8-4-15(5-9-22)24-11-10-23(13-16(24)6-12-25)17-3-7-20-18(19)21-17/h3,7,14-16,25H,4-6,8-13H2,1-2H3,(H2,19,20,21). The van der Waals surface area contributed by atoms with Crippen molar-refractivity contribution in [1.29, 1.82) is 0 Å². The first-order chi connectivity index (χ1) is 12.1. The van der Waals surface area contributed by atoms with E-state index in [2.05, 4.69) is 38.5 Å². The van der Waals surface area contributed by atoms with Crippen molar-refractivity contribution in [2.75, 3.05) is 50.0 Å². The Hall–Kier alpha value is -1.44. The third-order valence-corrected chi connectivity index (χ3v) is 5.67. The number of aromatic nitrogens is 2. The number of likely N-dealkylation sites (tertiary alicyclic amines) is 1. The Morgan fingerprint density at radius 1 is 1.24 bits per heavy atom. The van der Waals surface area contributed by atoms with E-state index in [9.17, 15) is 5.11 Å². The molecule has 2 aliphatic heterocycles. The Kier molecular flexibility index (Phi) is 6.09. The zero-order valence-electron chi connectivity index (χ0n) is 15.5. The van der Waals surface area contributed by atoms with Crippen molar-refractivity contribution in [3.05, 3.63) is 12.3 Å². The summed E-state index contributed by atoms with van der Waals surface area (Å²) in [4.78, 5) is 15.8. The normalized spacial score (nSPS) is 24.2. The first-order valence-electron chi connectivity index (χ1n) is 9.52. The number of piperidine rings is 1. The average molecular weight is 348 g/mol. The SMILES string of the molecule is CC(C)N1CCC(N2CCN(c3ccnc(N)n3)CC2CCO)CC1. The molecule has 0 saturated carbocycles. The minimum atomic E-state index is 0.228. The van der Waals surface area contributed by atoms with Crippen LogP contribution in [0.15, 0.2) is 12.3 Å². The largest absolute Gasteiger partial charge is 0.396 e. The fourth-order valence-corrected chi connectivity index (χ4v) is 4.24. The van der Waals surface area contributed by atoms with Gasteiger partial charge in [-0.15, -0.1) is 0 Å². The van der Waals surface area contributed by atoms with Gasteiger partial charge in [0.15, 0.2) is 0 Å². The van der Waals surface area contributed by atoms with E-state index >= 15 is 0 Å². The second-order valence-corrected chi connectivity index (χ2v) is 7.48. The highest BCUT2D eigenvalue weighted by Gasteiger charge is 2.34. The minimum absolute atomic E-state index is 0.228. The number of aliphatic hydroxyl groups is 1. The molecule has 0 bridgehead atoms. The molecule has 2 fully saturated rings. The van der Waals surface area contributed by atoms with Gasteiger partial charge in [0, 0.05) is 50.6 Å². The monoisotopic (exact) mass is 348 g/mol. The van der Waals surface area contributed by atoms with Crippen molar-refractivity contribution in [2.45, 2.75) is 51.2 Å². The Bertz CT molecular complexity index is 546. The topological polar surface area (TPSA) is 81.8 Å². The second kappa shape index (κ2) is 8.29. The average Bonchev–Trinajstić information content (AvgIpc) is 2.62. The van der Waals surface area contributed by atoms with Crippen LogP contribution < -0.4 is 10.6 Å². The molecule has 0 aromatic carbocycles. The van der Waals surface area contributed by atoms with E-state index in [1.54, 1.807) is 6.20 Å². The van der Waals surface area contributed by atoms with E-state index < -0.39 is 0 Å². The lowest BCUT2D eigenvalue weighted by molar-refractivity contribution is 0.0463. The number of nitrogen functional groups attached to an aromatic ring is 1. The van der Waals surface area contributed by atoms with E-state index in [4.69, 9.17) is 5.73 Å². The van der Waals surface area contributed by atoms with Crippen LogP contribution in [0.25, 0.3) is 0 Å². The number of piperazine rings is 1. The first-order valence-corrected chi connectivity index (χ1v) is 9.52. The third-order valence-electron chi connectivity index (χ3n) is 5.67. The van der Waals surface area contributed by atoms with Gasteiger partial charge in [-0.1, -0.05) is 0 Å². The summed E-state index contributed by atoms with van der Waals surface area (Å²) in [6.07, 6.45) is 4.97. The van der Waals surface area contributed by atoms with Crippen molar-refractivity contribution in [3.63, 3.8) is 0 Å². The molecular formula is C18H32N6O. The molecule has 3 N–H and O–H groups in total. The zero-order chi connectivity index (χ0) is 17.8. The molecule has 2 aliphatic rings. The summed E-state index contributed by atoms with van der Waals surface area (Å²) in [7, 11) is 0. The highest BCUT2D eigenvalue weighted by atomic mass is 16.3. The summed E-state index contributed by atoms with van der Waals surface area (Å²) in [6.45, 7) is 9.99. The van der Waals surface area contributed by atoms with Crippen LogP contribution in [0.2, 0.25) is 0 Å². The predicted octanol–water partition coefficient (Wildman–Crippen LogP) is 0.805. The lowest BCUT2D eigenvalue weighted by atomic mass is 9.97. The highest BCUT2D eigenvalue weighted by molar-refractivity contribution is 5.41. The first kappa shape index (κ1) is 18.4. The van der Waals surface area contributed by atoms with Crippen LogP contribution in [-0.4, -0.2) is 82.3 Å². The van der Waals surface area contributed by atoms with Crippen LogP contribution in [0, 0.1) is 0 Å². The molecule has 0 spiro atoms. The number of anilines is 2. The molecule has 7 nitrogen and oxygen atoms in total. The van der Waals surface area contributed by atoms with Gasteiger partial charge in [-0.05, 0) is 52.3 Å². The lowest BCUT2D eigenvalue weighted by Gasteiger charge is -2.48. The van der Waals surface area contributed by atoms with E-state index in [0.29, 0.717) is 24.1 Å². The maximum Gasteiger partial charge on any atom is 0.221 e. The van der Waals surface area contributed by atoms with Gasteiger partial charge in [-0.25, -0.2) is 4.98 Å². The van der Waals surface area contributed by atoms with E-state index in [1.807, 2.05) is 6.07 Å². The Labute approximate surface area is 150 Å². The molecule has 1 unspecified atom stereocenters. The molecule has 25 heavy (non-hydrogen) atoms. The lowest BCUT2D eigenvalue weighted by Crippen LogP contribution is -2.59. The van der Waals surface area contributed by atoms with Crippen LogP contribution in [0.3, 0.4) is 0 Å². The van der Waals surface area contributed by atoms with Crippen LogP contribution in [0.5, 0.6) is 0 Å². The molecule has 1 aromatic heterocycles. The highest BCUT2D eigenvalue weighted by Crippen LogP contribution is 2.26. The molecule has 1 atom stereocenters. The van der Waals surface area contributed by atoms with Gasteiger partial charge >= 0.3 is 0 Å². The number of rotatable bonds is 5. The fraction of sp³-hybridized carbons (Fsp3) is 0.778. The summed E-state index contributed by atoms with van der Waals surface area (Å²) in [6, 6.07) is 3.55. The van der Waals surface area contributed by atoms with E-state index in [1.165, 1.54) is 25.9 Å². The van der Waals surface area contributed by atoms with Gasteiger partial charge in [0.25, 0.3) is 0 Å². The summed E-state index contributed by atoms with van der Waals surface area (Å²) in [5.74, 6) is 1.21. The summed E-state index contributed by atoms with van der Waals surface area (Å²) < 4.78 is 0. The van der Waals surface area contributed by atoms with Gasteiger partial charge in [0.2, 0.25) is 5.95 Å². The molecule has 0 aliphatic carbocycles. The smallest absolute Gasteiger partial charge is 0.221 e. The molecule has 140 valence electrons. The number of nitrogens with zero attached hydrogens (tertiary/aromatic N) is 5. The molecule has 1 aromatic rings. The van der Waals surface area contributed by atoms with Crippen LogP contribution in [-0.2, 0) is 0 Å². The Morgan fingerprint density at radius 3 is 2.64 bits per heavy atom. The van der Waals surface area contributed by atoms with Gasteiger partial charge in [0.1, 0.15) is 5.82 Å². The van der Waals surface area contributed by atoms with Gasteiger partial charge in [0.05, 0.1) is 0 Å². The second-order valence-electron chi connectivity index (χ2n) is 7.48. The van der Waals surface area contributed by atoms with Gasteiger partial charge < -0.3 is 20.6 Å². The molecule has 7 heteroatoms. The number of aliphatic hydroxyl groups excluding tert-OH is 1. The molecule has 0 amide bonds.